The third-order valence-corrected chi connectivity index (χ3v) is 7.80. The van der Waals surface area contributed by atoms with Crippen LogP contribution in [0, 0.1) is 0 Å². The Labute approximate surface area is 256 Å². The third kappa shape index (κ3) is 8.42. The fourth-order valence-corrected chi connectivity index (χ4v) is 5.40. The van der Waals surface area contributed by atoms with Crippen molar-refractivity contribution in [3.05, 3.63) is 0 Å². The molecule has 3 rings (SSSR count). The van der Waals surface area contributed by atoms with Crippen LogP contribution in [0.2, 0.25) is 0 Å². The number of carbonyl (C=O) groups excluding carboxylic acids is 2. The summed E-state index contributed by atoms with van der Waals surface area (Å²) in [7, 11) is 0. The van der Waals surface area contributed by atoms with Crippen molar-refractivity contribution >= 4 is 17.8 Å². The first-order valence-corrected chi connectivity index (χ1v) is 14.1. The second-order valence-electron chi connectivity index (χ2n) is 11.2. The summed E-state index contributed by atoms with van der Waals surface area (Å²) in [6.07, 6.45) is -21.9. The van der Waals surface area contributed by atoms with Gasteiger partial charge in [-0.2, -0.15) is 0 Å². The lowest BCUT2D eigenvalue weighted by Crippen LogP contribution is -2.68. The first kappa shape index (κ1) is 37.3. The van der Waals surface area contributed by atoms with Gasteiger partial charge in [-0.3, -0.25) is 9.59 Å². The van der Waals surface area contributed by atoms with E-state index < -0.39 is 135 Å². The first-order chi connectivity index (χ1) is 21.1. The molecule has 3 heterocycles. The van der Waals surface area contributed by atoms with Gasteiger partial charge in [0.2, 0.25) is 11.8 Å². The Bertz CT molecular complexity index is 1020. The number of aliphatic hydroxyl groups is 9. The number of aliphatic carboxylic acids is 1. The van der Waals surface area contributed by atoms with Crippen LogP contribution in [-0.2, 0) is 38.1 Å². The number of carboxylic acid groups (broad SMARTS) is 1. The van der Waals surface area contributed by atoms with E-state index in [0.29, 0.717) is 0 Å². The Morgan fingerprint density at radius 3 is 2.13 bits per heavy atom. The van der Waals surface area contributed by atoms with Gasteiger partial charge in [0.05, 0.1) is 44.6 Å². The number of aliphatic hydroxyl groups excluding tert-OH is 9. The molecule has 3 aliphatic heterocycles. The zero-order valence-electron chi connectivity index (χ0n) is 24.4. The summed E-state index contributed by atoms with van der Waals surface area (Å²) < 4.78 is 27.6. The predicted molar refractivity (Wildman–Crippen MR) is 141 cm³/mol. The minimum Gasteiger partial charge on any atom is -0.477 e. The molecule has 260 valence electrons. The maximum Gasteiger partial charge on any atom is 0.364 e. The van der Waals surface area contributed by atoms with Crippen LogP contribution < -0.4 is 10.6 Å². The third-order valence-electron chi connectivity index (χ3n) is 7.80. The average Bonchev–Trinajstić information content (AvgIpc) is 2.98. The number of hydrogen-bond acceptors (Lipinski definition) is 17. The van der Waals surface area contributed by atoms with E-state index in [9.17, 15) is 65.4 Å². The van der Waals surface area contributed by atoms with E-state index in [2.05, 4.69) is 10.6 Å². The van der Waals surface area contributed by atoms with E-state index in [4.69, 9.17) is 23.7 Å². The van der Waals surface area contributed by atoms with Gasteiger partial charge in [0.15, 0.2) is 6.29 Å². The van der Waals surface area contributed by atoms with Crippen LogP contribution in [0.15, 0.2) is 0 Å². The molecular formula is C25H42N2O18. The van der Waals surface area contributed by atoms with Crippen molar-refractivity contribution in [2.75, 3.05) is 26.4 Å². The molecule has 3 aliphatic rings. The normalized spacial score (nSPS) is 41.9. The molecule has 0 spiro atoms. The van der Waals surface area contributed by atoms with Crippen LogP contribution in [0.5, 0.6) is 0 Å². The molecule has 15 atom stereocenters. The van der Waals surface area contributed by atoms with E-state index in [1.165, 1.54) is 6.92 Å². The second kappa shape index (κ2) is 15.6. The summed E-state index contributed by atoms with van der Waals surface area (Å²) in [4.78, 5) is 35.6. The Balaban J connectivity index is 1.82. The number of ether oxygens (including phenoxy) is 5. The number of carboxylic acids is 1. The van der Waals surface area contributed by atoms with E-state index >= 15 is 0 Å². The SMILES string of the molecule is CC(=O)N[C@H]1[C@H]([C@H](O)[C@H](O)CO)O[C@@](OC[C@H]2O[C@@H](O[C@H]3[C@H](O)[C@@H](NC(C)=O)CO[C@@H]3CO)[C@H](O)[C@@H](O)[C@H]2O)(C(=O)O)C[C@@H]1O. The fourth-order valence-electron chi connectivity index (χ4n) is 5.40. The molecular weight excluding hydrogens is 616 g/mol. The van der Waals surface area contributed by atoms with Crippen molar-refractivity contribution in [2.24, 2.45) is 0 Å². The number of rotatable bonds is 12. The van der Waals surface area contributed by atoms with Crippen molar-refractivity contribution in [3.8, 4) is 0 Å². The summed E-state index contributed by atoms with van der Waals surface area (Å²) in [6.45, 7) is -0.551. The maximum atomic E-state index is 12.4. The van der Waals surface area contributed by atoms with Crippen LogP contribution in [0.3, 0.4) is 0 Å². The molecule has 3 fully saturated rings. The summed E-state index contributed by atoms with van der Waals surface area (Å²) in [5.41, 5.74) is 0. The van der Waals surface area contributed by atoms with Crippen LogP contribution in [0.25, 0.3) is 0 Å². The molecule has 0 aliphatic carbocycles. The van der Waals surface area contributed by atoms with Crippen molar-refractivity contribution in [2.45, 2.75) is 112 Å². The lowest BCUT2D eigenvalue weighted by Gasteiger charge is -2.48. The molecule has 0 aromatic heterocycles. The summed E-state index contributed by atoms with van der Waals surface area (Å²) in [5.74, 6) is -5.88. The Morgan fingerprint density at radius 2 is 1.58 bits per heavy atom. The molecule has 20 nitrogen and oxygen atoms in total. The molecule has 20 heteroatoms. The molecule has 0 aromatic rings. The Morgan fingerprint density at radius 1 is 0.933 bits per heavy atom. The zero-order chi connectivity index (χ0) is 33.8. The molecule has 45 heavy (non-hydrogen) atoms. The van der Waals surface area contributed by atoms with Crippen LogP contribution >= 0.6 is 0 Å². The fraction of sp³-hybridized carbons (Fsp3) is 0.880. The van der Waals surface area contributed by atoms with Crippen molar-refractivity contribution < 1.29 is 89.1 Å². The first-order valence-electron chi connectivity index (χ1n) is 14.1. The van der Waals surface area contributed by atoms with E-state index in [1.54, 1.807) is 0 Å². The highest BCUT2D eigenvalue weighted by atomic mass is 16.8. The number of amides is 2. The highest BCUT2D eigenvalue weighted by molar-refractivity contribution is 5.76. The number of carbonyl (C=O) groups is 3. The molecule has 0 unspecified atom stereocenters. The monoisotopic (exact) mass is 658 g/mol. The van der Waals surface area contributed by atoms with Gasteiger partial charge < -0.3 is 85.4 Å². The lowest BCUT2D eigenvalue weighted by molar-refractivity contribution is -0.351. The van der Waals surface area contributed by atoms with Crippen molar-refractivity contribution in [1.29, 1.82) is 0 Å². The largest absolute Gasteiger partial charge is 0.477 e. The van der Waals surface area contributed by atoms with Crippen molar-refractivity contribution in [1.82, 2.24) is 10.6 Å². The smallest absolute Gasteiger partial charge is 0.364 e. The average molecular weight is 659 g/mol. The van der Waals surface area contributed by atoms with E-state index in [-0.39, 0.29) is 6.61 Å². The molecule has 0 radical (unpaired) electrons. The van der Waals surface area contributed by atoms with Gasteiger partial charge >= 0.3 is 5.97 Å². The van der Waals surface area contributed by atoms with Gasteiger partial charge in [-0.25, -0.2) is 4.79 Å². The quantitative estimate of drug-likeness (QED) is 0.0926. The molecule has 0 bridgehead atoms. The predicted octanol–water partition coefficient (Wildman–Crippen LogP) is -7.40. The van der Waals surface area contributed by atoms with Gasteiger partial charge in [0.25, 0.3) is 5.79 Å². The second-order valence-corrected chi connectivity index (χ2v) is 11.2. The van der Waals surface area contributed by atoms with Crippen molar-refractivity contribution in [3.63, 3.8) is 0 Å². The number of hydrogen-bond donors (Lipinski definition) is 12. The van der Waals surface area contributed by atoms with Gasteiger partial charge in [0.1, 0.15) is 61.0 Å². The molecule has 0 saturated carbocycles. The van der Waals surface area contributed by atoms with E-state index in [0.717, 1.165) is 6.92 Å². The summed E-state index contributed by atoms with van der Waals surface area (Å²) in [6, 6.07) is -2.46. The van der Waals surface area contributed by atoms with Gasteiger partial charge in [-0.1, -0.05) is 0 Å². The topological polar surface area (TPSA) is 324 Å². The minimum absolute atomic E-state index is 0.200. The van der Waals surface area contributed by atoms with Crippen LogP contribution in [0.1, 0.15) is 20.3 Å². The highest BCUT2D eigenvalue weighted by Gasteiger charge is 2.57. The Kier molecular flexibility index (Phi) is 13.0. The van der Waals surface area contributed by atoms with Gasteiger partial charge in [0, 0.05) is 20.3 Å². The number of nitrogens with one attached hydrogen (secondary N) is 2. The van der Waals surface area contributed by atoms with Gasteiger partial charge in [-0.05, 0) is 0 Å². The molecule has 2 amide bonds. The Hall–Kier alpha value is -2.15. The molecule has 12 N–H and O–H groups in total. The van der Waals surface area contributed by atoms with Crippen LogP contribution in [-0.4, -0.2) is 187 Å². The molecule has 0 aromatic carbocycles. The standard InChI is InChI=1S/C25H42N2O18/c1-8(30)26-10-6-41-13(5-29)21(16(10)34)44-23-20(38)19(37)18(36)14(43-23)7-42-25(24(39)40)3-11(32)15(27-9(2)31)22(45-25)17(35)12(33)4-28/h10-23,28-29,32-38H,3-7H2,1-2H3,(H,26,30)(H,27,31)(H,39,40)/t10-,11-,12+,13+,14+,15+,16+,17+,18-,19-,20+,21+,22+,23-,25+/m0/s1. The summed E-state index contributed by atoms with van der Waals surface area (Å²) >= 11 is 0. The lowest BCUT2D eigenvalue weighted by atomic mass is 9.88. The van der Waals surface area contributed by atoms with Crippen LogP contribution in [0.4, 0.5) is 0 Å². The minimum atomic E-state index is -2.81. The maximum absolute atomic E-state index is 12.4. The van der Waals surface area contributed by atoms with Gasteiger partial charge in [-0.15, -0.1) is 0 Å². The molecule has 3 saturated heterocycles. The zero-order valence-corrected chi connectivity index (χ0v) is 24.4. The summed E-state index contributed by atoms with van der Waals surface area (Å²) in [5, 5.41) is 108. The van der Waals surface area contributed by atoms with E-state index in [1.807, 2.05) is 0 Å². The highest BCUT2D eigenvalue weighted by Crippen LogP contribution is 2.35.